The largest absolute Gasteiger partial charge is 0.395 e. The number of likely N-dealkylation sites (N-methyl/N-ethyl adjacent to an activating group) is 1. The van der Waals surface area contributed by atoms with Gasteiger partial charge in [-0.2, -0.15) is 5.10 Å². The Balaban J connectivity index is 1.97. The number of nitrogens with zero attached hydrogens (tertiary/aromatic N) is 3. The fourth-order valence-electron chi connectivity index (χ4n) is 2.08. The lowest BCUT2D eigenvalue weighted by Gasteiger charge is -2.17. The molecule has 0 aromatic heterocycles. The second kappa shape index (κ2) is 8.55. The number of nitro groups is 1. The molecule has 0 radical (unpaired) electrons. The number of non-ortho nitro benzene ring substituents is 1. The number of carbonyl (C=O) groups excluding carboxylic acids is 1. The highest BCUT2D eigenvalue weighted by Crippen LogP contribution is 2.13. The number of hydrazone groups is 1. The minimum atomic E-state index is -0.560. The molecule has 0 fully saturated rings. The minimum Gasteiger partial charge on any atom is -0.395 e. The lowest BCUT2D eigenvalue weighted by molar-refractivity contribution is -0.384. The molecule has 0 aliphatic rings. The van der Waals surface area contributed by atoms with E-state index in [1.807, 2.05) is 36.2 Å². The Morgan fingerprint density at radius 1 is 1.32 bits per heavy atom. The van der Waals surface area contributed by atoms with E-state index in [2.05, 4.69) is 10.5 Å². The first-order valence-electron chi connectivity index (χ1n) is 7.51. The van der Waals surface area contributed by atoms with Gasteiger partial charge in [0.1, 0.15) is 0 Å². The van der Waals surface area contributed by atoms with Crippen molar-refractivity contribution in [3.8, 4) is 0 Å². The molecule has 1 amide bonds. The molecule has 25 heavy (non-hydrogen) atoms. The van der Waals surface area contributed by atoms with Gasteiger partial charge >= 0.3 is 0 Å². The van der Waals surface area contributed by atoms with Crippen molar-refractivity contribution in [1.82, 2.24) is 5.43 Å². The summed E-state index contributed by atoms with van der Waals surface area (Å²) in [6.07, 6.45) is 1.48. The van der Waals surface area contributed by atoms with Crippen LogP contribution in [-0.4, -0.2) is 42.4 Å². The summed E-state index contributed by atoms with van der Waals surface area (Å²) in [5.74, 6) is -0.528. The maximum atomic E-state index is 11.9. The first-order chi connectivity index (χ1) is 12.0. The van der Waals surface area contributed by atoms with Gasteiger partial charge in [-0.15, -0.1) is 0 Å². The number of amides is 1. The molecule has 0 spiro atoms. The normalized spacial score (nSPS) is 10.6. The molecule has 0 saturated heterocycles. The maximum Gasteiger partial charge on any atom is 0.271 e. The monoisotopic (exact) mass is 342 g/mol. The third kappa shape index (κ3) is 5.11. The molecule has 8 nitrogen and oxygen atoms in total. The average Bonchev–Trinajstić information content (AvgIpc) is 2.62. The molecule has 0 aliphatic carbocycles. The molecule has 2 aromatic carbocycles. The van der Waals surface area contributed by atoms with Gasteiger partial charge in [0.25, 0.3) is 11.6 Å². The third-order valence-electron chi connectivity index (χ3n) is 3.47. The van der Waals surface area contributed by atoms with Crippen LogP contribution in [0.5, 0.6) is 0 Å². The van der Waals surface area contributed by atoms with Crippen LogP contribution in [0.3, 0.4) is 0 Å². The van der Waals surface area contributed by atoms with Gasteiger partial charge in [-0.3, -0.25) is 14.9 Å². The van der Waals surface area contributed by atoms with Gasteiger partial charge in [0, 0.05) is 37.0 Å². The van der Waals surface area contributed by atoms with Gasteiger partial charge in [0.05, 0.1) is 17.7 Å². The fraction of sp³-hybridized carbons (Fsp3) is 0.176. The summed E-state index contributed by atoms with van der Waals surface area (Å²) in [4.78, 5) is 24.0. The second-order valence-corrected chi connectivity index (χ2v) is 5.24. The summed E-state index contributed by atoms with van der Waals surface area (Å²) < 4.78 is 0. The summed E-state index contributed by atoms with van der Waals surface area (Å²) in [7, 11) is 1.87. The highest BCUT2D eigenvalue weighted by Gasteiger charge is 2.10. The van der Waals surface area contributed by atoms with Crippen LogP contribution >= 0.6 is 0 Å². The Morgan fingerprint density at radius 2 is 2.04 bits per heavy atom. The van der Waals surface area contributed by atoms with Crippen LogP contribution in [-0.2, 0) is 0 Å². The van der Waals surface area contributed by atoms with Crippen molar-refractivity contribution >= 4 is 23.5 Å². The molecule has 0 atom stereocenters. The Bertz CT molecular complexity index is 774. The van der Waals surface area contributed by atoms with Gasteiger partial charge < -0.3 is 10.0 Å². The predicted octanol–water partition coefficient (Wildman–Crippen LogP) is 1.79. The Kier molecular flexibility index (Phi) is 6.19. The molecule has 0 heterocycles. The first kappa shape index (κ1) is 18.1. The first-order valence-corrected chi connectivity index (χ1v) is 7.51. The molecule has 0 aliphatic heterocycles. The van der Waals surface area contributed by atoms with Gasteiger partial charge in [0.15, 0.2) is 0 Å². The van der Waals surface area contributed by atoms with Gasteiger partial charge in [0.2, 0.25) is 0 Å². The lowest BCUT2D eigenvalue weighted by atomic mass is 10.2. The predicted molar refractivity (Wildman–Crippen MR) is 95.0 cm³/mol. The summed E-state index contributed by atoms with van der Waals surface area (Å²) in [5, 5.41) is 23.5. The molecule has 2 N–H and O–H groups in total. The van der Waals surface area contributed by atoms with Gasteiger partial charge in [-0.1, -0.05) is 18.2 Å². The van der Waals surface area contributed by atoms with E-state index in [1.54, 1.807) is 0 Å². The summed E-state index contributed by atoms with van der Waals surface area (Å²) in [5.41, 5.74) is 4.07. The van der Waals surface area contributed by atoms with Crippen LogP contribution in [0.1, 0.15) is 15.9 Å². The minimum absolute atomic E-state index is 0.0728. The molecule has 130 valence electrons. The highest BCUT2D eigenvalue weighted by molar-refractivity contribution is 5.95. The summed E-state index contributed by atoms with van der Waals surface area (Å²) >= 11 is 0. The number of hydrogen-bond acceptors (Lipinski definition) is 6. The lowest BCUT2D eigenvalue weighted by Crippen LogP contribution is -2.20. The topological polar surface area (TPSA) is 108 Å². The van der Waals surface area contributed by atoms with Crippen molar-refractivity contribution in [1.29, 1.82) is 0 Å². The van der Waals surface area contributed by atoms with Crippen LogP contribution in [0.2, 0.25) is 0 Å². The average molecular weight is 342 g/mol. The van der Waals surface area contributed by atoms with E-state index in [-0.39, 0.29) is 17.9 Å². The maximum absolute atomic E-state index is 11.9. The zero-order valence-corrected chi connectivity index (χ0v) is 13.6. The second-order valence-electron chi connectivity index (χ2n) is 5.24. The Morgan fingerprint density at radius 3 is 2.68 bits per heavy atom. The molecule has 2 rings (SSSR count). The van der Waals surface area contributed by atoms with Crippen LogP contribution in [0.15, 0.2) is 53.6 Å². The number of benzene rings is 2. The smallest absolute Gasteiger partial charge is 0.271 e. The van der Waals surface area contributed by atoms with Crippen LogP contribution in [0.25, 0.3) is 0 Å². The third-order valence-corrected chi connectivity index (χ3v) is 3.47. The van der Waals surface area contributed by atoms with E-state index in [0.29, 0.717) is 6.54 Å². The van der Waals surface area contributed by atoms with Gasteiger partial charge in [-0.05, 0) is 23.8 Å². The van der Waals surface area contributed by atoms with Crippen LogP contribution < -0.4 is 10.3 Å². The van der Waals surface area contributed by atoms with E-state index >= 15 is 0 Å². The zero-order chi connectivity index (χ0) is 18.2. The van der Waals surface area contributed by atoms with Crippen molar-refractivity contribution in [2.45, 2.75) is 0 Å². The van der Waals surface area contributed by atoms with E-state index in [0.717, 1.165) is 11.3 Å². The molecule has 8 heteroatoms. The van der Waals surface area contributed by atoms with Crippen molar-refractivity contribution in [3.05, 3.63) is 69.8 Å². The zero-order valence-electron chi connectivity index (χ0n) is 13.6. The van der Waals surface area contributed by atoms with Gasteiger partial charge in [-0.25, -0.2) is 5.43 Å². The fourth-order valence-corrected chi connectivity index (χ4v) is 2.08. The molecule has 0 bridgehead atoms. The number of aliphatic hydroxyl groups excluding tert-OH is 1. The molecule has 0 unspecified atom stereocenters. The number of hydrogen-bond donors (Lipinski definition) is 2. The molecule has 0 saturated carbocycles. The number of carbonyl (C=O) groups is 1. The number of aliphatic hydroxyl groups is 1. The van der Waals surface area contributed by atoms with E-state index in [1.165, 1.54) is 30.5 Å². The number of nitro benzene ring substituents is 1. The quantitative estimate of drug-likeness (QED) is 0.453. The standard InChI is InChI=1S/C17H18N4O4/c1-20(9-10-22)15-7-5-13(6-8-15)12-18-19-17(23)14-3-2-4-16(11-14)21(24)25/h2-8,11-12,22H,9-10H2,1H3,(H,19,23)/b18-12-. The highest BCUT2D eigenvalue weighted by atomic mass is 16.6. The molecule has 2 aromatic rings. The number of nitrogens with one attached hydrogen (secondary N) is 1. The van der Waals surface area contributed by atoms with E-state index in [4.69, 9.17) is 5.11 Å². The van der Waals surface area contributed by atoms with Crippen molar-refractivity contribution in [2.75, 3.05) is 25.1 Å². The Labute approximate surface area is 144 Å². The number of anilines is 1. The Hall–Kier alpha value is -3.26. The van der Waals surface area contributed by atoms with Crippen molar-refractivity contribution < 1.29 is 14.8 Å². The molecular weight excluding hydrogens is 324 g/mol. The molecular formula is C17H18N4O4. The van der Waals surface area contributed by atoms with Crippen LogP contribution in [0.4, 0.5) is 11.4 Å². The number of rotatable bonds is 7. The summed E-state index contributed by atoms with van der Waals surface area (Å²) in [6.45, 7) is 0.607. The van der Waals surface area contributed by atoms with E-state index < -0.39 is 10.8 Å². The summed E-state index contributed by atoms with van der Waals surface area (Å²) in [6, 6.07) is 12.8. The van der Waals surface area contributed by atoms with Crippen molar-refractivity contribution in [3.63, 3.8) is 0 Å². The van der Waals surface area contributed by atoms with Crippen LogP contribution in [0, 0.1) is 10.1 Å². The SMILES string of the molecule is CN(CCO)c1ccc(/C=N\NC(=O)c2cccc([N+](=O)[O-])c2)cc1. The van der Waals surface area contributed by atoms with E-state index in [9.17, 15) is 14.9 Å². The van der Waals surface area contributed by atoms with Crippen molar-refractivity contribution in [2.24, 2.45) is 5.10 Å².